The zero-order valence-electron chi connectivity index (χ0n) is 11.9. The van der Waals surface area contributed by atoms with Gasteiger partial charge in [0.2, 0.25) is 0 Å². The first-order valence-electron chi connectivity index (χ1n) is 7.34. The van der Waals surface area contributed by atoms with Crippen LogP contribution in [0.1, 0.15) is 48.5 Å². The van der Waals surface area contributed by atoms with Gasteiger partial charge >= 0.3 is 5.97 Å². The molecule has 1 N–H and O–H groups in total. The van der Waals surface area contributed by atoms with Crippen LogP contribution >= 0.6 is 0 Å². The Morgan fingerprint density at radius 3 is 2.85 bits per heavy atom. The summed E-state index contributed by atoms with van der Waals surface area (Å²) in [5.41, 5.74) is 0.595. The third-order valence-electron chi connectivity index (χ3n) is 4.21. The van der Waals surface area contributed by atoms with Crippen molar-refractivity contribution >= 4 is 5.97 Å². The van der Waals surface area contributed by atoms with Gasteiger partial charge in [-0.15, -0.1) is 0 Å². The number of rotatable bonds is 4. The number of hydrogen-bond acceptors (Lipinski definition) is 2. The van der Waals surface area contributed by atoms with Crippen molar-refractivity contribution in [1.29, 1.82) is 0 Å². The Morgan fingerprint density at radius 2 is 2.20 bits per heavy atom. The van der Waals surface area contributed by atoms with Crippen molar-refractivity contribution in [1.82, 2.24) is 4.90 Å². The molecule has 0 radical (unpaired) electrons. The summed E-state index contributed by atoms with van der Waals surface area (Å²) in [6.07, 6.45) is 4.81. The maximum Gasteiger partial charge on any atom is 0.335 e. The molecule has 0 saturated carbocycles. The Labute approximate surface area is 119 Å². The van der Waals surface area contributed by atoms with E-state index in [1.807, 2.05) is 0 Å². The highest BCUT2D eigenvalue weighted by Crippen LogP contribution is 2.22. The lowest BCUT2D eigenvalue weighted by molar-refractivity contribution is 0.0696. The SMILES string of the molecule is CCC1CCCN(Cc2ccc(C(=O)O)cc2F)CC1. The second-order valence-corrected chi connectivity index (χ2v) is 5.59. The molecule has 1 atom stereocenters. The molecule has 20 heavy (non-hydrogen) atoms. The van der Waals surface area contributed by atoms with Gasteiger partial charge in [-0.05, 0) is 50.4 Å². The summed E-state index contributed by atoms with van der Waals surface area (Å²) in [4.78, 5) is 13.1. The minimum atomic E-state index is -1.09. The van der Waals surface area contributed by atoms with Gasteiger partial charge in [-0.1, -0.05) is 19.4 Å². The van der Waals surface area contributed by atoms with E-state index < -0.39 is 11.8 Å². The van der Waals surface area contributed by atoms with Gasteiger partial charge in [-0.3, -0.25) is 4.90 Å². The molecule has 1 heterocycles. The number of benzene rings is 1. The predicted molar refractivity (Wildman–Crippen MR) is 76.3 cm³/mol. The maximum absolute atomic E-state index is 13.9. The average Bonchev–Trinajstić information content (AvgIpc) is 2.66. The van der Waals surface area contributed by atoms with E-state index >= 15 is 0 Å². The quantitative estimate of drug-likeness (QED) is 0.916. The summed E-state index contributed by atoms with van der Waals surface area (Å²) in [5.74, 6) is -0.712. The van der Waals surface area contributed by atoms with Crippen molar-refractivity contribution in [2.24, 2.45) is 5.92 Å². The van der Waals surface area contributed by atoms with Crippen LogP contribution in [0.2, 0.25) is 0 Å². The third-order valence-corrected chi connectivity index (χ3v) is 4.21. The van der Waals surface area contributed by atoms with Crippen molar-refractivity contribution < 1.29 is 14.3 Å². The molecule has 1 aliphatic heterocycles. The molecule has 3 nitrogen and oxygen atoms in total. The van der Waals surface area contributed by atoms with E-state index in [1.54, 1.807) is 6.07 Å². The summed E-state index contributed by atoms with van der Waals surface area (Å²) in [7, 11) is 0. The topological polar surface area (TPSA) is 40.5 Å². The van der Waals surface area contributed by atoms with Crippen molar-refractivity contribution in [3.63, 3.8) is 0 Å². The predicted octanol–water partition coefficient (Wildman–Crippen LogP) is 3.54. The fraction of sp³-hybridized carbons (Fsp3) is 0.562. The molecular weight excluding hydrogens is 257 g/mol. The van der Waals surface area contributed by atoms with Crippen LogP contribution in [0.15, 0.2) is 18.2 Å². The van der Waals surface area contributed by atoms with Gasteiger partial charge in [0, 0.05) is 12.1 Å². The van der Waals surface area contributed by atoms with Crippen LogP contribution in [-0.4, -0.2) is 29.1 Å². The molecule has 1 aromatic rings. The van der Waals surface area contributed by atoms with E-state index in [1.165, 1.54) is 25.3 Å². The lowest BCUT2D eigenvalue weighted by atomic mass is 9.98. The molecule has 0 spiro atoms. The molecule has 1 aromatic carbocycles. The molecule has 0 amide bonds. The number of nitrogens with zero attached hydrogens (tertiary/aromatic N) is 1. The van der Waals surface area contributed by atoms with E-state index in [2.05, 4.69) is 11.8 Å². The second-order valence-electron chi connectivity index (χ2n) is 5.59. The van der Waals surface area contributed by atoms with E-state index in [9.17, 15) is 9.18 Å². The zero-order valence-corrected chi connectivity index (χ0v) is 11.9. The van der Waals surface area contributed by atoms with E-state index in [-0.39, 0.29) is 5.56 Å². The summed E-state index contributed by atoms with van der Waals surface area (Å²) in [6, 6.07) is 4.19. The monoisotopic (exact) mass is 279 g/mol. The van der Waals surface area contributed by atoms with Crippen LogP contribution in [0.25, 0.3) is 0 Å². The molecule has 1 saturated heterocycles. The van der Waals surface area contributed by atoms with Gasteiger partial charge in [0.1, 0.15) is 5.82 Å². The lowest BCUT2D eigenvalue weighted by Crippen LogP contribution is -2.25. The van der Waals surface area contributed by atoms with Crippen molar-refractivity contribution in [3.05, 3.63) is 35.1 Å². The average molecular weight is 279 g/mol. The van der Waals surface area contributed by atoms with E-state index in [0.29, 0.717) is 12.1 Å². The molecule has 0 aromatic heterocycles. The Balaban J connectivity index is 2.01. The summed E-state index contributed by atoms with van der Waals surface area (Å²) < 4.78 is 13.9. The molecule has 1 aliphatic rings. The van der Waals surface area contributed by atoms with Crippen LogP contribution in [0, 0.1) is 11.7 Å². The first kappa shape index (κ1) is 15.0. The number of carbonyl (C=O) groups is 1. The molecule has 1 fully saturated rings. The zero-order chi connectivity index (χ0) is 14.5. The highest BCUT2D eigenvalue weighted by molar-refractivity contribution is 5.87. The smallest absolute Gasteiger partial charge is 0.335 e. The van der Waals surface area contributed by atoms with Crippen LogP contribution in [0.4, 0.5) is 4.39 Å². The lowest BCUT2D eigenvalue weighted by Gasteiger charge is -2.20. The van der Waals surface area contributed by atoms with E-state index in [4.69, 9.17) is 5.11 Å². The Morgan fingerprint density at radius 1 is 1.40 bits per heavy atom. The van der Waals surface area contributed by atoms with Gasteiger partial charge in [0.05, 0.1) is 5.56 Å². The highest BCUT2D eigenvalue weighted by Gasteiger charge is 2.17. The second kappa shape index (κ2) is 6.84. The fourth-order valence-electron chi connectivity index (χ4n) is 2.84. The van der Waals surface area contributed by atoms with Crippen molar-refractivity contribution in [2.45, 2.75) is 39.2 Å². The Bertz CT molecular complexity index is 476. The number of hydrogen-bond donors (Lipinski definition) is 1. The summed E-state index contributed by atoms with van der Waals surface area (Å²) >= 11 is 0. The van der Waals surface area contributed by atoms with Gasteiger partial charge in [-0.2, -0.15) is 0 Å². The van der Waals surface area contributed by atoms with Gasteiger partial charge in [-0.25, -0.2) is 9.18 Å². The molecular formula is C16H22FNO2. The number of carboxylic acid groups (broad SMARTS) is 1. The molecule has 0 bridgehead atoms. The number of likely N-dealkylation sites (tertiary alicyclic amines) is 1. The minimum absolute atomic E-state index is 0.00756. The van der Waals surface area contributed by atoms with Crippen molar-refractivity contribution in [2.75, 3.05) is 13.1 Å². The van der Waals surface area contributed by atoms with Gasteiger partial charge in [0.25, 0.3) is 0 Å². The van der Waals surface area contributed by atoms with Crippen LogP contribution in [0.3, 0.4) is 0 Å². The molecule has 2 rings (SSSR count). The summed E-state index contributed by atoms with van der Waals surface area (Å²) in [5, 5.41) is 8.84. The first-order valence-corrected chi connectivity index (χ1v) is 7.34. The largest absolute Gasteiger partial charge is 0.478 e. The molecule has 4 heteroatoms. The van der Waals surface area contributed by atoms with Crippen LogP contribution < -0.4 is 0 Å². The normalized spacial score (nSPS) is 20.6. The first-order chi connectivity index (χ1) is 9.60. The Hall–Kier alpha value is -1.42. The van der Waals surface area contributed by atoms with Gasteiger partial charge in [0.15, 0.2) is 0 Å². The van der Waals surface area contributed by atoms with Crippen LogP contribution in [0.5, 0.6) is 0 Å². The van der Waals surface area contributed by atoms with Crippen molar-refractivity contribution in [3.8, 4) is 0 Å². The minimum Gasteiger partial charge on any atom is -0.478 e. The van der Waals surface area contributed by atoms with Gasteiger partial charge < -0.3 is 5.11 Å². The van der Waals surface area contributed by atoms with E-state index in [0.717, 1.165) is 31.5 Å². The number of aromatic carboxylic acids is 1. The summed E-state index contributed by atoms with van der Waals surface area (Å²) in [6.45, 7) is 4.79. The molecule has 110 valence electrons. The van der Waals surface area contributed by atoms with Crippen LogP contribution in [-0.2, 0) is 6.54 Å². The fourth-order valence-corrected chi connectivity index (χ4v) is 2.84. The standard InChI is InChI=1S/C16H22FNO2/c1-2-12-4-3-8-18(9-7-12)11-14-6-5-13(16(19)20)10-15(14)17/h5-6,10,12H,2-4,7-9,11H2,1H3,(H,19,20). The molecule has 1 unspecified atom stereocenters. The molecule has 0 aliphatic carbocycles. The third kappa shape index (κ3) is 3.79. The number of halogens is 1. The highest BCUT2D eigenvalue weighted by atomic mass is 19.1. The Kier molecular flexibility index (Phi) is 5.12. The maximum atomic E-state index is 13.9. The number of carboxylic acids is 1.